The molecule has 0 saturated heterocycles. The van der Waals surface area contributed by atoms with Crippen LogP contribution in [0.3, 0.4) is 0 Å². The van der Waals surface area contributed by atoms with E-state index in [1.165, 1.54) is 0 Å². The van der Waals surface area contributed by atoms with Crippen molar-refractivity contribution in [1.82, 2.24) is 10.2 Å². The van der Waals surface area contributed by atoms with E-state index in [0.29, 0.717) is 18.0 Å². The van der Waals surface area contributed by atoms with Gasteiger partial charge in [-0.25, -0.2) is 0 Å². The van der Waals surface area contributed by atoms with Gasteiger partial charge in [0.05, 0.1) is 0 Å². The Morgan fingerprint density at radius 1 is 0.775 bits per heavy atom. The first kappa shape index (κ1) is 29.1. The molecule has 0 radical (unpaired) electrons. The smallest absolute Gasteiger partial charge is 0.243 e. The average molecular weight is 553 g/mol. The van der Waals surface area contributed by atoms with Crippen LogP contribution in [0.2, 0.25) is 5.02 Å². The number of hydrogen-bond acceptors (Lipinski definition) is 2. The van der Waals surface area contributed by atoms with E-state index in [-0.39, 0.29) is 30.7 Å². The van der Waals surface area contributed by atoms with Crippen LogP contribution in [0.1, 0.15) is 54.4 Å². The third-order valence-corrected chi connectivity index (χ3v) is 7.55. The molecule has 0 aliphatic rings. The van der Waals surface area contributed by atoms with Gasteiger partial charge < -0.3 is 10.2 Å². The standard InChI is InChI=1S/C35H37ClN2O2/c1-2-3-23-37-35(40)33(24-27-15-7-4-8-16-27)38(26-30-21-13-14-22-32(30)36)34(39)25-31(28-17-9-5-10-18-28)29-19-11-6-12-20-29/h4-22,31,33H,2-3,23-26H2,1H3,(H,37,40)/t33-/m0/s1. The zero-order valence-electron chi connectivity index (χ0n) is 23.0. The van der Waals surface area contributed by atoms with E-state index in [0.717, 1.165) is 35.1 Å². The minimum Gasteiger partial charge on any atom is -0.354 e. The molecule has 5 heteroatoms. The molecule has 206 valence electrons. The predicted molar refractivity (Wildman–Crippen MR) is 163 cm³/mol. The molecule has 1 N–H and O–H groups in total. The van der Waals surface area contributed by atoms with E-state index in [1.54, 1.807) is 4.90 Å². The Morgan fingerprint density at radius 2 is 1.32 bits per heavy atom. The Balaban J connectivity index is 1.72. The van der Waals surface area contributed by atoms with Crippen LogP contribution in [0.25, 0.3) is 0 Å². The van der Waals surface area contributed by atoms with Crippen LogP contribution in [0.4, 0.5) is 0 Å². The number of rotatable bonds is 13. The van der Waals surface area contributed by atoms with Gasteiger partial charge in [0.2, 0.25) is 11.8 Å². The molecule has 0 aliphatic heterocycles. The first-order chi connectivity index (χ1) is 19.6. The van der Waals surface area contributed by atoms with Crippen molar-refractivity contribution in [2.24, 2.45) is 0 Å². The van der Waals surface area contributed by atoms with E-state index >= 15 is 0 Å². The van der Waals surface area contributed by atoms with Gasteiger partial charge in [-0.15, -0.1) is 0 Å². The number of carbonyl (C=O) groups excluding carboxylic acids is 2. The predicted octanol–water partition coefficient (Wildman–Crippen LogP) is 7.42. The van der Waals surface area contributed by atoms with Gasteiger partial charge in [0.1, 0.15) is 6.04 Å². The highest BCUT2D eigenvalue weighted by Gasteiger charge is 2.32. The summed E-state index contributed by atoms with van der Waals surface area (Å²) in [5.74, 6) is -0.387. The summed E-state index contributed by atoms with van der Waals surface area (Å²) in [7, 11) is 0. The Kier molecular flexibility index (Phi) is 10.9. The Hall–Kier alpha value is -3.89. The third kappa shape index (κ3) is 8.06. The minimum absolute atomic E-state index is 0.0933. The van der Waals surface area contributed by atoms with Gasteiger partial charge in [0.25, 0.3) is 0 Å². The molecule has 0 bridgehead atoms. The van der Waals surface area contributed by atoms with Crippen molar-refractivity contribution in [2.75, 3.05) is 6.54 Å². The van der Waals surface area contributed by atoms with Gasteiger partial charge in [0.15, 0.2) is 0 Å². The molecule has 0 unspecified atom stereocenters. The van der Waals surface area contributed by atoms with Crippen molar-refractivity contribution in [2.45, 2.75) is 51.1 Å². The second-order valence-electron chi connectivity index (χ2n) is 10.0. The zero-order chi connectivity index (χ0) is 28.2. The number of nitrogens with zero attached hydrogens (tertiary/aromatic N) is 1. The lowest BCUT2D eigenvalue weighted by molar-refractivity contribution is -0.141. The molecule has 0 aromatic heterocycles. The molecule has 0 heterocycles. The van der Waals surface area contributed by atoms with Crippen LogP contribution in [-0.2, 0) is 22.6 Å². The van der Waals surface area contributed by atoms with E-state index in [2.05, 4.69) is 36.5 Å². The highest BCUT2D eigenvalue weighted by molar-refractivity contribution is 6.31. The molecule has 4 aromatic carbocycles. The molecule has 1 atom stereocenters. The Morgan fingerprint density at radius 3 is 1.90 bits per heavy atom. The number of nitrogens with one attached hydrogen (secondary N) is 1. The lowest BCUT2D eigenvalue weighted by Gasteiger charge is -2.33. The average Bonchev–Trinajstić information content (AvgIpc) is 3.00. The van der Waals surface area contributed by atoms with Crippen LogP contribution in [0.15, 0.2) is 115 Å². The van der Waals surface area contributed by atoms with Crippen LogP contribution in [0.5, 0.6) is 0 Å². The van der Waals surface area contributed by atoms with Crippen molar-refractivity contribution in [1.29, 1.82) is 0 Å². The zero-order valence-corrected chi connectivity index (χ0v) is 23.8. The molecular formula is C35H37ClN2O2. The Labute approximate surface area is 243 Å². The summed E-state index contributed by atoms with van der Waals surface area (Å²) in [6.45, 7) is 2.91. The molecule has 2 amide bonds. The Bertz CT molecular complexity index is 1310. The summed E-state index contributed by atoms with van der Waals surface area (Å²) in [6.07, 6.45) is 2.50. The van der Waals surface area contributed by atoms with Crippen LogP contribution < -0.4 is 5.32 Å². The summed E-state index contributed by atoms with van der Waals surface area (Å²) in [4.78, 5) is 29.8. The van der Waals surface area contributed by atoms with Crippen molar-refractivity contribution in [3.63, 3.8) is 0 Å². The lowest BCUT2D eigenvalue weighted by atomic mass is 9.87. The first-order valence-electron chi connectivity index (χ1n) is 14.0. The SMILES string of the molecule is CCCCNC(=O)[C@H](Cc1ccccc1)N(Cc1ccccc1Cl)C(=O)CC(c1ccccc1)c1ccccc1. The molecule has 0 aliphatic carbocycles. The fraction of sp³-hybridized carbons (Fsp3) is 0.257. The second-order valence-corrected chi connectivity index (χ2v) is 10.4. The van der Waals surface area contributed by atoms with Crippen molar-refractivity contribution >= 4 is 23.4 Å². The maximum atomic E-state index is 14.4. The largest absolute Gasteiger partial charge is 0.354 e. The van der Waals surface area contributed by atoms with Gasteiger partial charge in [-0.1, -0.05) is 134 Å². The minimum atomic E-state index is -0.685. The molecule has 4 rings (SSSR count). The van der Waals surface area contributed by atoms with Crippen LogP contribution >= 0.6 is 11.6 Å². The van der Waals surface area contributed by atoms with Crippen LogP contribution in [-0.4, -0.2) is 29.3 Å². The number of amides is 2. The number of hydrogen-bond donors (Lipinski definition) is 1. The van der Waals surface area contributed by atoms with Crippen molar-refractivity contribution < 1.29 is 9.59 Å². The molecule has 4 nitrogen and oxygen atoms in total. The normalized spacial score (nSPS) is 11.7. The quantitative estimate of drug-likeness (QED) is 0.175. The van der Waals surface area contributed by atoms with Gasteiger partial charge in [-0.2, -0.15) is 0 Å². The van der Waals surface area contributed by atoms with Gasteiger partial charge in [0, 0.05) is 36.9 Å². The van der Waals surface area contributed by atoms with Gasteiger partial charge >= 0.3 is 0 Å². The number of unbranched alkanes of at least 4 members (excludes halogenated alkanes) is 1. The first-order valence-corrected chi connectivity index (χ1v) is 14.4. The van der Waals surface area contributed by atoms with Gasteiger partial charge in [-0.05, 0) is 34.7 Å². The summed E-state index contributed by atoms with van der Waals surface area (Å²) >= 11 is 6.58. The lowest BCUT2D eigenvalue weighted by Crippen LogP contribution is -2.51. The fourth-order valence-corrected chi connectivity index (χ4v) is 5.16. The summed E-state index contributed by atoms with van der Waals surface area (Å²) < 4.78 is 0. The summed E-state index contributed by atoms with van der Waals surface area (Å²) in [5, 5.41) is 3.67. The maximum Gasteiger partial charge on any atom is 0.243 e. The fourth-order valence-electron chi connectivity index (χ4n) is 4.96. The van der Waals surface area contributed by atoms with Crippen molar-refractivity contribution in [3.8, 4) is 0 Å². The third-order valence-electron chi connectivity index (χ3n) is 7.18. The summed E-state index contributed by atoms with van der Waals surface area (Å²) in [5.41, 5.74) is 3.93. The molecular weight excluding hydrogens is 516 g/mol. The second kappa shape index (κ2) is 15.0. The topological polar surface area (TPSA) is 49.4 Å². The van der Waals surface area contributed by atoms with E-state index in [1.807, 2.05) is 91.0 Å². The number of benzene rings is 4. The summed E-state index contributed by atoms with van der Waals surface area (Å²) in [6, 6.07) is 36.9. The monoisotopic (exact) mass is 552 g/mol. The number of halogens is 1. The maximum absolute atomic E-state index is 14.4. The van der Waals surface area contributed by atoms with Crippen LogP contribution in [0, 0.1) is 0 Å². The molecule has 0 saturated carbocycles. The highest BCUT2D eigenvalue weighted by Crippen LogP contribution is 2.30. The number of carbonyl (C=O) groups is 2. The molecule has 40 heavy (non-hydrogen) atoms. The highest BCUT2D eigenvalue weighted by atomic mass is 35.5. The molecule has 4 aromatic rings. The van der Waals surface area contributed by atoms with E-state index < -0.39 is 6.04 Å². The van der Waals surface area contributed by atoms with E-state index in [9.17, 15) is 9.59 Å². The van der Waals surface area contributed by atoms with E-state index in [4.69, 9.17) is 11.6 Å². The molecule has 0 spiro atoms. The molecule has 0 fully saturated rings. The van der Waals surface area contributed by atoms with Crippen molar-refractivity contribution in [3.05, 3.63) is 143 Å². The van der Waals surface area contributed by atoms with Gasteiger partial charge in [-0.3, -0.25) is 9.59 Å².